The van der Waals surface area contributed by atoms with Crippen molar-refractivity contribution in [3.8, 4) is 0 Å². The Morgan fingerprint density at radius 3 is 1.43 bits per heavy atom. The van der Waals surface area contributed by atoms with Gasteiger partial charge >= 0.3 is 0 Å². The molecule has 2 aliphatic heterocycles. The van der Waals surface area contributed by atoms with E-state index in [1.165, 1.54) is 112 Å². The molecule has 0 saturated carbocycles. The Hall–Kier alpha value is -6.04. The molecule has 5 heteroatoms. The summed E-state index contributed by atoms with van der Waals surface area (Å²) in [5.74, 6) is 0. The zero-order valence-corrected chi connectivity index (χ0v) is 48.3. The van der Waals surface area contributed by atoms with E-state index in [1.54, 1.807) is 0 Å². The largest absolute Gasteiger partial charge is 0.311 e. The van der Waals surface area contributed by atoms with Gasteiger partial charge in [0.2, 0.25) is 0 Å². The fourth-order valence-electron chi connectivity index (χ4n) is 12.2. The number of hydrogen-bond donors (Lipinski definition) is 0. The molecule has 1 aromatic heterocycles. The highest BCUT2D eigenvalue weighted by molar-refractivity contribution is 7.33. The zero-order chi connectivity index (χ0) is 52.8. The van der Waals surface area contributed by atoms with Crippen LogP contribution < -0.4 is 30.4 Å². The first-order chi connectivity index (χ1) is 34.6. The van der Waals surface area contributed by atoms with E-state index in [9.17, 15) is 0 Å². The average molecular weight is 992 g/mol. The number of rotatable bonds is 5. The molecule has 0 atom stereocenters. The molecule has 74 heavy (non-hydrogen) atoms. The van der Waals surface area contributed by atoms with Gasteiger partial charge in [0, 0.05) is 60.4 Å². The van der Waals surface area contributed by atoms with E-state index in [4.69, 9.17) is 0 Å². The molecule has 0 amide bonds. The molecule has 1 aliphatic carbocycles. The number of benzene rings is 7. The maximum Gasteiger partial charge on any atom is 0.264 e. The van der Waals surface area contributed by atoms with Crippen molar-refractivity contribution < 1.29 is 0 Å². The van der Waals surface area contributed by atoms with Crippen molar-refractivity contribution in [3.63, 3.8) is 0 Å². The first-order valence-electron chi connectivity index (χ1n) is 27.3. The highest BCUT2D eigenvalue weighted by atomic mass is 32.1. The van der Waals surface area contributed by atoms with Gasteiger partial charge in [-0.2, -0.15) is 0 Å². The van der Waals surface area contributed by atoms with Crippen LogP contribution in [0.1, 0.15) is 163 Å². The fraction of sp³-hybridized carbons (Fsp3) is 0.362. The highest BCUT2D eigenvalue weighted by Crippen LogP contribution is 2.53. The van der Waals surface area contributed by atoms with Crippen molar-refractivity contribution in [2.45, 2.75) is 163 Å². The first kappa shape index (κ1) is 50.1. The summed E-state index contributed by atoms with van der Waals surface area (Å²) in [6.45, 7) is 40.0. The Morgan fingerprint density at radius 1 is 0.473 bits per heavy atom. The normalized spacial score (nSPS) is 15.9. The van der Waals surface area contributed by atoms with E-state index >= 15 is 0 Å². The summed E-state index contributed by atoms with van der Waals surface area (Å²) < 4.78 is 2.80. The lowest BCUT2D eigenvalue weighted by molar-refractivity contribution is 0.332. The van der Waals surface area contributed by atoms with Gasteiger partial charge in [0.15, 0.2) is 0 Å². The quantitative estimate of drug-likeness (QED) is 0.159. The molecule has 0 N–H and O–H groups in total. The number of fused-ring (bicyclic) bond motifs is 7. The van der Waals surface area contributed by atoms with Gasteiger partial charge in [-0.15, -0.1) is 11.3 Å². The van der Waals surface area contributed by atoms with Gasteiger partial charge < -0.3 is 14.7 Å². The van der Waals surface area contributed by atoms with Crippen LogP contribution in [-0.4, -0.2) is 6.71 Å². The summed E-state index contributed by atoms with van der Waals surface area (Å²) in [6, 6.07) is 55.0. The minimum atomic E-state index is -0.0175. The molecule has 378 valence electrons. The SMILES string of the molecule is Cc1cc2c3c(c1)N(c1ccc(C(C)(C)C)cc1)c1c(sc4cc5c(cc14)C(C)(C)CCC5(C)C)B3c1ccc(N(c3cccc(C(C)(C)C)c3)c3cccc(C(C)(C)C)c3)cc1N2c1ccc(C(C)(C)C)cc1. The molecule has 7 aromatic carbocycles. The summed E-state index contributed by atoms with van der Waals surface area (Å²) in [5, 5.41) is 1.37. The minimum Gasteiger partial charge on any atom is -0.311 e. The molecule has 0 fully saturated rings. The summed E-state index contributed by atoms with van der Waals surface area (Å²) in [6.07, 6.45) is 2.37. The second-order valence-corrected chi connectivity index (χ2v) is 28.7. The smallest absolute Gasteiger partial charge is 0.264 e. The second kappa shape index (κ2) is 17.0. The monoisotopic (exact) mass is 992 g/mol. The summed E-state index contributed by atoms with van der Waals surface area (Å²) in [5.41, 5.74) is 23.3. The van der Waals surface area contributed by atoms with Crippen LogP contribution in [0.2, 0.25) is 0 Å². The van der Waals surface area contributed by atoms with Crippen LogP contribution in [0.4, 0.5) is 51.2 Å². The Bertz CT molecular complexity index is 3450. The lowest BCUT2D eigenvalue weighted by Crippen LogP contribution is -2.60. The van der Waals surface area contributed by atoms with Crippen molar-refractivity contribution in [2.24, 2.45) is 0 Å². The number of hydrogen-bond acceptors (Lipinski definition) is 4. The van der Waals surface area contributed by atoms with Gasteiger partial charge in [-0.3, -0.25) is 0 Å². The molecule has 3 heterocycles. The number of thiophene rings is 1. The van der Waals surface area contributed by atoms with Gasteiger partial charge in [-0.05, 0) is 187 Å². The second-order valence-electron chi connectivity index (χ2n) is 27.6. The predicted octanol–water partition coefficient (Wildman–Crippen LogP) is 18.3. The summed E-state index contributed by atoms with van der Waals surface area (Å²) in [4.78, 5) is 7.76. The van der Waals surface area contributed by atoms with Crippen LogP contribution in [-0.2, 0) is 32.5 Å². The maximum absolute atomic E-state index is 2.66. The molecule has 3 nitrogen and oxygen atoms in total. The molecule has 0 unspecified atom stereocenters. The topological polar surface area (TPSA) is 9.72 Å². The molecule has 0 spiro atoms. The Morgan fingerprint density at radius 2 is 0.932 bits per heavy atom. The van der Waals surface area contributed by atoms with E-state index < -0.39 is 0 Å². The Balaban J connectivity index is 1.23. The Labute approximate surface area is 448 Å². The molecular formula is C69H78BN3S. The van der Waals surface area contributed by atoms with Gasteiger partial charge in [0.05, 0.1) is 5.69 Å². The van der Waals surface area contributed by atoms with Crippen LogP contribution in [0.5, 0.6) is 0 Å². The third-order valence-electron chi connectivity index (χ3n) is 16.9. The standard InChI is InChI=1S/C69H78BN3S/c1-43-36-58-61-59(37-43)73(49-30-26-45(27-31-49)65(5,6)7)62-53-41-54-55(69(16,17)35-34-68(54,14)15)42-60(53)74-63(62)70(61)56-33-32-52(40-57(56)72(58)48-28-24-44(25-29-48)64(2,3)4)71(50-22-18-20-46(38-50)66(8,9)10)51-23-19-21-47(39-51)67(11,12)13/h18-33,36-42H,34-35H2,1-17H3. The van der Waals surface area contributed by atoms with Gasteiger partial charge in [0.1, 0.15) is 0 Å². The summed E-state index contributed by atoms with van der Waals surface area (Å²) >= 11 is 2.03. The summed E-state index contributed by atoms with van der Waals surface area (Å²) in [7, 11) is 0. The van der Waals surface area contributed by atoms with Crippen molar-refractivity contribution in [2.75, 3.05) is 14.7 Å². The lowest BCUT2D eigenvalue weighted by atomic mass is 9.36. The molecule has 0 radical (unpaired) electrons. The third kappa shape index (κ3) is 8.41. The lowest BCUT2D eigenvalue weighted by Gasteiger charge is -2.44. The number of nitrogens with zero attached hydrogens (tertiary/aromatic N) is 3. The molecule has 0 saturated heterocycles. The first-order valence-corrected chi connectivity index (χ1v) is 28.1. The van der Waals surface area contributed by atoms with Gasteiger partial charge in [0.25, 0.3) is 6.71 Å². The molecule has 0 bridgehead atoms. The van der Waals surface area contributed by atoms with E-state index in [0.29, 0.717) is 0 Å². The van der Waals surface area contributed by atoms with E-state index in [0.717, 1.165) is 17.1 Å². The molecule has 3 aliphatic rings. The van der Waals surface area contributed by atoms with E-state index in [-0.39, 0.29) is 39.2 Å². The highest BCUT2D eigenvalue weighted by Gasteiger charge is 2.47. The molecule has 8 aromatic rings. The van der Waals surface area contributed by atoms with Crippen LogP contribution >= 0.6 is 11.3 Å². The third-order valence-corrected chi connectivity index (χ3v) is 18.2. The van der Waals surface area contributed by atoms with Crippen LogP contribution in [0.15, 0.2) is 140 Å². The predicted molar refractivity (Wildman–Crippen MR) is 325 cm³/mol. The average Bonchev–Trinajstić information content (AvgIpc) is 3.70. The van der Waals surface area contributed by atoms with Crippen LogP contribution in [0.3, 0.4) is 0 Å². The number of anilines is 9. The van der Waals surface area contributed by atoms with E-state index in [2.05, 4.69) is 272 Å². The van der Waals surface area contributed by atoms with Crippen LogP contribution in [0, 0.1) is 6.92 Å². The van der Waals surface area contributed by atoms with Crippen molar-refractivity contribution in [1.82, 2.24) is 0 Å². The van der Waals surface area contributed by atoms with Crippen LogP contribution in [0.25, 0.3) is 10.1 Å². The van der Waals surface area contributed by atoms with Crippen molar-refractivity contribution >= 4 is 95.0 Å². The minimum absolute atomic E-state index is 0.00665. The fourth-order valence-corrected chi connectivity index (χ4v) is 13.6. The number of aryl methyl sites for hydroxylation is 1. The molecule has 11 rings (SSSR count). The van der Waals surface area contributed by atoms with Gasteiger partial charge in [-0.1, -0.05) is 165 Å². The molecular weight excluding hydrogens is 914 g/mol. The van der Waals surface area contributed by atoms with Gasteiger partial charge in [-0.25, -0.2) is 0 Å². The Kier molecular flexibility index (Phi) is 11.5. The zero-order valence-electron chi connectivity index (χ0n) is 47.5. The van der Waals surface area contributed by atoms with Crippen molar-refractivity contribution in [3.05, 3.63) is 178 Å². The van der Waals surface area contributed by atoms with Crippen molar-refractivity contribution in [1.29, 1.82) is 0 Å². The maximum atomic E-state index is 2.66. The van der Waals surface area contributed by atoms with E-state index in [1.807, 2.05) is 11.3 Å².